The maximum absolute atomic E-state index is 6.61. The number of nitrogens with one attached hydrogen (secondary N) is 2. The van der Waals surface area contributed by atoms with Gasteiger partial charge in [-0.25, -0.2) is 9.77 Å². The molecule has 0 bridgehead atoms. The van der Waals surface area contributed by atoms with Crippen LogP contribution < -0.4 is 14.9 Å². The van der Waals surface area contributed by atoms with E-state index in [0.717, 1.165) is 16.7 Å². The van der Waals surface area contributed by atoms with Gasteiger partial charge in [0.25, 0.3) is 0 Å². The first-order valence-electron chi connectivity index (χ1n) is 10.7. The Morgan fingerprint density at radius 2 is 1.82 bits per heavy atom. The highest BCUT2D eigenvalue weighted by molar-refractivity contribution is 7.71. The van der Waals surface area contributed by atoms with Crippen molar-refractivity contribution in [2.45, 2.75) is 27.0 Å². The molecule has 1 heterocycles. The summed E-state index contributed by atoms with van der Waals surface area (Å²) in [6.07, 6.45) is 0. The zero-order valence-corrected chi connectivity index (χ0v) is 20.0. The van der Waals surface area contributed by atoms with Crippen LogP contribution in [0, 0.1) is 11.7 Å². The fraction of sp³-hybridized carbons (Fsp3) is 0.200. The van der Waals surface area contributed by atoms with Crippen molar-refractivity contribution in [2.75, 3.05) is 12.0 Å². The summed E-state index contributed by atoms with van der Waals surface area (Å²) in [5.74, 6) is 1.95. The Hall–Kier alpha value is -3.29. The van der Waals surface area contributed by atoms with Crippen molar-refractivity contribution < 1.29 is 9.47 Å². The lowest BCUT2D eigenvalue weighted by Crippen LogP contribution is -2.16. The molecule has 0 saturated heterocycles. The van der Waals surface area contributed by atoms with Gasteiger partial charge in [0.15, 0.2) is 17.3 Å². The Morgan fingerprint density at radius 3 is 2.58 bits per heavy atom. The Kier molecular flexibility index (Phi) is 7.32. The predicted octanol–water partition coefficient (Wildman–Crippen LogP) is 6.29. The summed E-state index contributed by atoms with van der Waals surface area (Å²) >= 11 is 12.0. The molecule has 0 amide bonds. The van der Waals surface area contributed by atoms with Crippen LogP contribution in [0.3, 0.4) is 0 Å². The number of rotatable bonds is 9. The minimum absolute atomic E-state index is 0.421. The average molecular weight is 481 g/mol. The molecule has 170 valence electrons. The summed E-state index contributed by atoms with van der Waals surface area (Å²) in [4.78, 5) is 0. The Morgan fingerprint density at radius 1 is 1.03 bits per heavy atom. The number of aryl methyl sites for hydroxylation is 1. The monoisotopic (exact) mass is 480 g/mol. The van der Waals surface area contributed by atoms with E-state index in [2.05, 4.69) is 34.7 Å². The van der Waals surface area contributed by atoms with Crippen molar-refractivity contribution in [2.24, 2.45) is 0 Å². The molecule has 4 aromatic rings. The molecule has 0 aliphatic rings. The number of ether oxygens (including phenoxy) is 2. The zero-order valence-electron chi connectivity index (χ0n) is 18.5. The number of aromatic nitrogens is 3. The first kappa shape index (κ1) is 22.9. The number of hydrogen-bond acceptors (Lipinski definition) is 5. The van der Waals surface area contributed by atoms with Crippen molar-refractivity contribution in [3.05, 3.63) is 93.2 Å². The van der Waals surface area contributed by atoms with E-state index in [9.17, 15) is 0 Å². The molecule has 0 fully saturated rings. The molecule has 2 N–H and O–H groups in total. The van der Waals surface area contributed by atoms with Crippen LogP contribution in [0.4, 0.5) is 0 Å². The van der Waals surface area contributed by atoms with E-state index >= 15 is 0 Å². The molecule has 0 unspecified atom stereocenters. The van der Waals surface area contributed by atoms with E-state index in [-0.39, 0.29) is 0 Å². The third-order valence-electron chi connectivity index (χ3n) is 5.02. The Bertz CT molecular complexity index is 1290. The summed E-state index contributed by atoms with van der Waals surface area (Å²) in [5, 5.41) is 7.76. The van der Waals surface area contributed by atoms with E-state index < -0.39 is 0 Å². The Balaban J connectivity index is 1.54. The third-order valence-corrected chi connectivity index (χ3v) is 5.65. The van der Waals surface area contributed by atoms with Gasteiger partial charge >= 0.3 is 0 Å². The third kappa shape index (κ3) is 5.56. The molecule has 1 aromatic heterocycles. The first-order valence-corrected chi connectivity index (χ1v) is 11.4. The molecule has 33 heavy (non-hydrogen) atoms. The fourth-order valence-corrected chi connectivity index (χ4v) is 3.86. The van der Waals surface area contributed by atoms with Crippen molar-refractivity contribution in [3.63, 3.8) is 0 Å². The van der Waals surface area contributed by atoms with E-state index in [4.69, 9.17) is 33.3 Å². The molecule has 8 heteroatoms. The zero-order chi connectivity index (χ0) is 23.2. The van der Waals surface area contributed by atoms with E-state index in [1.807, 2.05) is 55.5 Å². The maximum atomic E-state index is 6.61. The van der Waals surface area contributed by atoms with Gasteiger partial charge in [-0.3, -0.25) is 0 Å². The highest BCUT2D eigenvalue weighted by Crippen LogP contribution is 2.34. The second-order valence-electron chi connectivity index (χ2n) is 7.49. The molecular formula is C25H25ClN4O2S. The number of aromatic amines is 1. The summed E-state index contributed by atoms with van der Waals surface area (Å²) in [6.45, 7) is 5.36. The van der Waals surface area contributed by atoms with Crippen molar-refractivity contribution >= 4 is 23.8 Å². The van der Waals surface area contributed by atoms with Gasteiger partial charge in [0.2, 0.25) is 4.77 Å². The van der Waals surface area contributed by atoms with Crippen LogP contribution in [0.2, 0.25) is 5.02 Å². The lowest BCUT2D eigenvalue weighted by Gasteiger charge is -2.16. The lowest BCUT2D eigenvalue weighted by atomic mass is 10.1. The molecule has 4 rings (SSSR count). The van der Waals surface area contributed by atoms with Crippen molar-refractivity contribution in [1.82, 2.24) is 14.9 Å². The van der Waals surface area contributed by atoms with Crippen LogP contribution in [0.15, 0.2) is 66.7 Å². The number of halogens is 1. The lowest BCUT2D eigenvalue weighted by molar-refractivity contribution is 0.269. The van der Waals surface area contributed by atoms with Gasteiger partial charge in [0.05, 0.1) is 13.2 Å². The molecule has 0 atom stereocenters. The predicted molar refractivity (Wildman–Crippen MR) is 134 cm³/mol. The largest absolute Gasteiger partial charge is 0.490 e. The van der Waals surface area contributed by atoms with Gasteiger partial charge in [-0.15, -0.1) is 0 Å². The molecule has 0 spiro atoms. The average Bonchev–Trinajstić information content (AvgIpc) is 3.19. The molecule has 0 aliphatic heterocycles. The fourth-order valence-electron chi connectivity index (χ4n) is 3.45. The van der Waals surface area contributed by atoms with Crippen LogP contribution >= 0.6 is 23.8 Å². The summed E-state index contributed by atoms with van der Waals surface area (Å²) in [6, 6.07) is 21.7. The van der Waals surface area contributed by atoms with Gasteiger partial charge in [-0.2, -0.15) is 5.10 Å². The maximum Gasteiger partial charge on any atom is 0.214 e. The van der Waals surface area contributed by atoms with E-state index in [1.165, 1.54) is 5.56 Å². The number of H-pyrrole nitrogens is 1. The highest BCUT2D eigenvalue weighted by atomic mass is 35.5. The summed E-state index contributed by atoms with van der Waals surface area (Å²) < 4.78 is 14.1. The van der Waals surface area contributed by atoms with Crippen LogP contribution in [-0.2, 0) is 13.2 Å². The molecule has 0 saturated carbocycles. The molecule has 6 nitrogen and oxygen atoms in total. The Labute approximate surface area is 203 Å². The van der Waals surface area contributed by atoms with Crippen molar-refractivity contribution in [3.8, 4) is 22.9 Å². The van der Waals surface area contributed by atoms with Gasteiger partial charge in [0.1, 0.15) is 6.61 Å². The minimum atomic E-state index is 0.421. The highest BCUT2D eigenvalue weighted by Gasteiger charge is 2.14. The molecular weight excluding hydrogens is 456 g/mol. The normalized spacial score (nSPS) is 10.8. The standard InChI is InChI=1S/C25H25ClN4O2S/c1-3-31-22-13-20(21(26)14-23(22)32-16-18-9-7-8-17(2)12-18)15-27-30-24(28-29-25(30)33)19-10-5-4-6-11-19/h4-14,27H,3,15-16H2,1-2H3,(H,29,33). The molecule has 0 radical (unpaired) electrons. The van der Waals surface area contributed by atoms with Gasteiger partial charge in [-0.05, 0) is 43.3 Å². The topological polar surface area (TPSA) is 64.1 Å². The second kappa shape index (κ2) is 10.6. The quantitative estimate of drug-likeness (QED) is 0.275. The molecule has 0 aliphatic carbocycles. The van der Waals surface area contributed by atoms with Crippen LogP contribution in [-0.4, -0.2) is 21.5 Å². The van der Waals surface area contributed by atoms with Gasteiger partial charge < -0.3 is 14.9 Å². The SMILES string of the molecule is CCOc1cc(CNn2c(-c3ccccc3)n[nH]c2=S)c(Cl)cc1OCc1cccc(C)c1. The van der Waals surface area contributed by atoms with Crippen molar-refractivity contribution in [1.29, 1.82) is 0 Å². The molecule has 3 aromatic carbocycles. The number of hydrogen-bond donors (Lipinski definition) is 2. The smallest absolute Gasteiger partial charge is 0.214 e. The summed E-state index contributed by atoms with van der Waals surface area (Å²) in [5.41, 5.74) is 7.38. The summed E-state index contributed by atoms with van der Waals surface area (Å²) in [7, 11) is 0. The number of nitrogens with zero attached hydrogens (tertiary/aromatic N) is 2. The van der Waals surface area contributed by atoms with Crippen LogP contribution in [0.5, 0.6) is 11.5 Å². The number of benzene rings is 3. The van der Waals surface area contributed by atoms with E-state index in [0.29, 0.717) is 46.9 Å². The first-order chi connectivity index (χ1) is 16.0. The second-order valence-corrected chi connectivity index (χ2v) is 8.28. The van der Waals surface area contributed by atoms with Gasteiger partial charge in [0, 0.05) is 16.7 Å². The minimum Gasteiger partial charge on any atom is -0.490 e. The van der Waals surface area contributed by atoms with Crippen LogP contribution in [0.25, 0.3) is 11.4 Å². The van der Waals surface area contributed by atoms with E-state index in [1.54, 1.807) is 10.7 Å². The van der Waals surface area contributed by atoms with Gasteiger partial charge in [-0.1, -0.05) is 71.8 Å². The van der Waals surface area contributed by atoms with Crippen LogP contribution in [0.1, 0.15) is 23.6 Å².